The fourth-order valence-corrected chi connectivity index (χ4v) is 5.73. The lowest BCUT2D eigenvalue weighted by Crippen LogP contribution is -2.43. The zero-order valence-electron chi connectivity index (χ0n) is 16.3. The van der Waals surface area contributed by atoms with Crippen LogP contribution in [0.5, 0.6) is 0 Å². The van der Waals surface area contributed by atoms with E-state index in [0.717, 1.165) is 19.6 Å². The average Bonchev–Trinajstić information content (AvgIpc) is 3.14. The van der Waals surface area contributed by atoms with Gasteiger partial charge in [0.2, 0.25) is 0 Å². The SMILES string of the molecule is CN(CCCC1(c2cc3ccccc3s2)CCCNC1)Cc1ccccc1. The lowest BCUT2D eigenvalue weighted by Gasteiger charge is -2.37. The van der Waals surface area contributed by atoms with Crippen LogP contribution in [0.1, 0.15) is 36.1 Å². The van der Waals surface area contributed by atoms with E-state index in [4.69, 9.17) is 0 Å². The third-order valence-electron chi connectivity index (χ3n) is 5.91. The van der Waals surface area contributed by atoms with E-state index in [1.54, 1.807) is 4.88 Å². The van der Waals surface area contributed by atoms with Crippen molar-refractivity contribution in [3.05, 3.63) is 71.1 Å². The summed E-state index contributed by atoms with van der Waals surface area (Å²) in [5.74, 6) is 0. The Morgan fingerprint density at radius 3 is 2.67 bits per heavy atom. The summed E-state index contributed by atoms with van der Waals surface area (Å²) in [5.41, 5.74) is 1.72. The van der Waals surface area contributed by atoms with Crippen LogP contribution in [-0.2, 0) is 12.0 Å². The minimum absolute atomic E-state index is 0.315. The van der Waals surface area contributed by atoms with E-state index in [0.29, 0.717) is 5.41 Å². The normalized spacial score (nSPS) is 20.4. The molecule has 2 heterocycles. The molecule has 0 saturated carbocycles. The van der Waals surface area contributed by atoms with Crippen molar-refractivity contribution in [2.24, 2.45) is 0 Å². The van der Waals surface area contributed by atoms with Crippen LogP contribution in [0.4, 0.5) is 0 Å². The number of hydrogen-bond donors (Lipinski definition) is 1. The van der Waals surface area contributed by atoms with Gasteiger partial charge >= 0.3 is 0 Å². The molecule has 0 bridgehead atoms. The minimum Gasteiger partial charge on any atom is -0.316 e. The monoisotopic (exact) mass is 378 g/mol. The first-order valence-corrected chi connectivity index (χ1v) is 11.0. The van der Waals surface area contributed by atoms with Crippen LogP contribution in [0.15, 0.2) is 60.7 Å². The topological polar surface area (TPSA) is 15.3 Å². The van der Waals surface area contributed by atoms with E-state index in [2.05, 4.69) is 77.9 Å². The number of thiophene rings is 1. The number of nitrogens with one attached hydrogen (secondary N) is 1. The van der Waals surface area contributed by atoms with Gasteiger partial charge in [-0.2, -0.15) is 0 Å². The Balaban J connectivity index is 1.43. The Bertz CT molecular complexity index is 816. The van der Waals surface area contributed by atoms with E-state index in [1.165, 1.54) is 47.9 Å². The first-order valence-electron chi connectivity index (χ1n) is 10.2. The second-order valence-electron chi connectivity index (χ2n) is 8.04. The maximum Gasteiger partial charge on any atom is 0.0345 e. The molecule has 1 saturated heterocycles. The van der Waals surface area contributed by atoms with Crippen LogP contribution in [0.2, 0.25) is 0 Å². The quantitative estimate of drug-likeness (QED) is 0.589. The molecule has 1 unspecified atom stereocenters. The van der Waals surface area contributed by atoms with Gasteiger partial charge in [0.15, 0.2) is 0 Å². The number of piperidine rings is 1. The minimum atomic E-state index is 0.315. The van der Waals surface area contributed by atoms with Gasteiger partial charge < -0.3 is 10.2 Å². The molecule has 2 nitrogen and oxygen atoms in total. The standard InChI is InChI=1S/C24H30N2S/c1-26(18-20-9-3-2-4-10-20)16-8-14-24(13-7-15-25-19-24)23-17-21-11-5-6-12-22(21)27-23/h2-6,9-12,17,25H,7-8,13-16,18-19H2,1H3. The van der Waals surface area contributed by atoms with Crippen molar-refractivity contribution < 1.29 is 0 Å². The molecule has 3 heteroatoms. The molecule has 4 rings (SSSR count). The van der Waals surface area contributed by atoms with Crippen LogP contribution in [0, 0.1) is 0 Å². The second-order valence-corrected chi connectivity index (χ2v) is 9.12. The van der Waals surface area contributed by atoms with Gasteiger partial charge in [0.1, 0.15) is 0 Å². The van der Waals surface area contributed by atoms with Crippen LogP contribution in [-0.4, -0.2) is 31.6 Å². The fraction of sp³-hybridized carbons (Fsp3) is 0.417. The van der Waals surface area contributed by atoms with Crippen molar-refractivity contribution in [3.8, 4) is 0 Å². The lowest BCUT2D eigenvalue weighted by molar-refractivity contribution is 0.258. The Morgan fingerprint density at radius 1 is 1.07 bits per heavy atom. The number of nitrogens with zero attached hydrogens (tertiary/aromatic N) is 1. The molecule has 0 radical (unpaired) electrons. The van der Waals surface area contributed by atoms with Gasteiger partial charge in [-0.15, -0.1) is 11.3 Å². The van der Waals surface area contributed by atoms with E-state index in [-0.39, 0.29) is 0 Å². The molecule has 0 amide bonds. The molecule has 27 heavy (non-hydrogen) atoms. The van der Waals surface area contributed by atoms with Crippen LogP contribution in [0.3, 0.4) is 0 Å². The number of hydrogen-bond acceptors (Lipinski definition) is 3. The van der Waals surface area contributed by atoms with E-state index in [9.17, 15) is 0 Å². The fourth-order valence-electron chi connectivity index (χ4n) is 4.42. The van der Waals surface area contributed by atoms with Gasteiger partial charge in [0.25, 0.3) is 0 Å². The first-order chi connectivity index (χ1) is 13.3. The maximum absolute atomic E-state index is 3.69. The highest BCUT2D eigenvalue weighted by Gasteiger charge is 2.35. The van der Waals surface area contributed by atoms with Crippen molar-refractivity contribution >= 4 is 21.4 Å². The smallest absolute Gasteiger partial charge is 0.0345 e. The molecule has 142 valence electrons. The summed E-state index contributed by atoms with van der Waals surface area (Å²) >= 11 is 2.01. The summed E-state index contributed by atoms with van der Waals surface area (Å²) in [6.45, 7) is 4.49. The highest BCUT2D eigenvalue weighted by atomic mass is 32.1. The van der Waals surface area contributed by atoms with Crippen molar-refractivity contribution in [2.75, 3.05) is 26.7 Å². The zero-order chi connectivity index (χ0) is 18.5. The summed E-state index contributed by atoms with van der Waals surface area (Å²) in [6, 6.07) is 22.1. The molecule has 0 spiro atoms. The van der Waals surface area contributed by atoms with Crippen molar-refractivity contribution in [1.82, 2.24) is 10.2 Å². The molecular weight excluding hydrogens is 348 g/mol. The number of fused-ring (bicyclic) bond motifs is 1. The zero-order valence-corrected chi connectivity index (χ0v) is 17.1. The number of rotatable bonds is 7. The Kier molecular flexibility index (Phi) is 5.92. The average molecular weight is 379 g/mol. The summed E-state index contributed by atoms with van der Waals surface area (Å²) in [7, 11) is 2.25. The molecular formula is C24H30N2S. The first kappa shape index (κ1) is 18.7. The molecule has 1 aliphatic rings. The number of benzene rings is 2. The second kappa shape index (κ2) is 8.55. The van der Waals surface area contributed by atoms with Crippen molar-refractivity contribution in [2.45, 2.75) is 37.6 Å². The van der Waals surface area contributed by atoms with Crippen molar-refractivity contribution in [1.29, 1.82) is 0 Å². The van der Waals surface area contributed by atoms with Gasteiger partial charge in [-0.05, 0) is 68.9 Å². The van der Waals surface area contributed by atoms with E-state index in [1.807, 2.05) is 11.3 Å². The molecule has 1 atom stereocenters. The predicted octanol–water partition coefficient (Wildman–Crippen LogP) is 5.43. The molecule has 1 aromatic heterocycles. The predicted molar refractivity (Wildman–Crippen MR) is 118 cm³/mol. The van der Waals surface area contributed by atoms with Gasteiger partial charge in [-0.3, -0.25) is 0 Å². The van der Waals surface area contributed by atoms with Crippen LogP contribution in [0.25, 0.3) is 10.1 Å². The largest absolute Gasteiger partial charge is 0.316 e. The third-order valence-corrected chi connectivity index (χ3v) is 7.27. The van der Waals surface area contributed by atoms with Gasteiger partial charge in [-0.1, -0.05) is 48.5 Å². The highest BCUT2D eigenvalue weighted by molar-refractivity contribution is 7.19. The van der Waals surface area contributed by atoms with Crippen molar-refractivity contribution in [3.63, 3.8) is 0 Å². The molecule has 3 aromatic rings. The molecule has 0 aliphatic carbocycles. The lowest BCUT2D eigenvalue weighted by atomic mass is 9.75. The Labute approximate surface area is 167 Å². The van der Waals surface area contributed by atoms with Gasteiger partial charge in [0.05, 0.1) is 0 Å². The highest BCUT2D eigenvalue weighted by Crippen LogP contribution is 2.41. The van der Waals surface area contributed by atoms with E-state index >= 15 is 0 Å². The molecule has 1 fully saturated rings. The Hall–Kier alpha value is -1.68. The molecule has 2 aromatic carbocycles. The third kappa shape index (κ3) is 4.43. The summed E-state index contributed by atoms with van der Waals surface area (Å²) in [4.78, 5) is 4.05. The van der Waals surface area contributed by atoms with Crippen LogP contribution < -0.4 is 5.32 Å². The molecule has 1 aliphatic heterocycles. The summed E-state index contributed by atoms with van der Waals surface area (Å²) < 4.78 is 1.43. The molecule has 1 N–H and O–H groups in total. The Morgan fingerprint density at radius 2 is 1.89 bits per heavy atom. The van der Waals surface area contributed by atoms with E-state index < -0.39 is 0 Å². The van der Waals surface area contributed by atoms with Gasteiger partial charge in [-0.25, -0.2) is 0 Å². The summed E-state index contributed by atoms with van der Waals surface area (Å²) in [6.07, 6.45) is 5.12. The maximum atomic E-state index is 3.69. The summed E-state index contributed by atoms with van der Waals surface area (Å²) in [5, 5.41) is 5.10. The van der Waals surface area contributed by atoms with Crippen LogP contribution >= 0.6 is 11.3 Å². The van der Waals surface area contributed by atoms with Gasteiger partial charge in [0, 0.05) is 28.1 Å².